The minimum absolute atomic E-state index is 0.139. The molecule has 104 valence electrons. The minimum atomic E-state index is 0.139. The number of pyridine rings is 1. The zero-order valence-electron chi connectivity index (χ0n) is 9.76. The Morgan fingerprint density at radius 1 is 1.00 bits per heavy atom. The number of rotatable bonds is 1. The molecule has 0 aromatic carbocycles. The van der Waals surface area contributed by atoms with Crippen LogP contribution in [0.5, 0.6) is 0 Å². The van der Waals surface area contributed by atoms with E-state index in [1.807, 2.05) is 0 Å². The first-order chi connectivity index (χ1) is 9.00. The van der Waals surface area contributed by atoms with Crippen LogP contribution in [0.1, 0.15) is 19.3 Å². The number of piperidine rings is 1. The summed E-state index contributed by atoms with van der Waals surface area (Å²) in [5.41, 5.74) is 0. The van der Waals surface area contributed by atoms with Gasteiger partial charge in [0.1, 0.15) is 4.32 Å². The van der Waals surface area contributed by atoms with Crippen LogP contribution in [0.15, 0.2) is 4.90 Å². The lowest BCUT2D eigenvalue weighted by molar-refractivity contribution is 0.352. The van der Waals surface area contributed by atoms with Crippen molar-refractivity contribution >= 4 is 74.7 Å². The third kappa shape index (κ3) is 3.80. The fraction of sp³-hybridized carbons (Fsp3) is 0.455. The fourth-order valence-corrected chi connectivity index (χ4v) is 4.14. The number of aromatic nitrogens is 1. The summed E-state index contributed by atoms with van der Waals surface area (Å²) >= 11 is 30.8. The summed E-state index contributed by atoms with van der Waals surface area (Å²) in [4.78, 5) is 6.57. The van der Waals surface area contributed by atoms with Crippen molar-refractivity contribution in [2.75, 3.05) is 13.1 Å². The first-order valence-electron chi connectivity index (χ1n) is 5.67. The number of hydrogen-bond acceptors (Lipinski definition) is 3. The van der Waals surface area contributed by atoms with Gasteiger partial charge in [-0.3, -0.25) is 0 Å². The van der Waals surface area contributed by atoms with Gasteiger partial charge in [0.2, 0.25) is 0 Å². The van der Waals surface area contributed by atoms with Gasteiger partial charge in [-0.05, 0) is 19.3 Å². The number of halogens is 4. The summed E-state index contributed by atoms with van der Waals surface area (Å²) in [5, 5.41) is 0.862. The Balaban J connectivity index is 2.20. The molecule has 1 aliphatic rings. The second-order valence-electron chi connectivity index (χ2n) is 4.07. The molecule has 0 atom stereocenters. The Morgan fingerprint density at radius 2 is 1.53 bits per heavy atom. The molecule has 0 amide bonds. The smallest absolute Gasteiger partial charge is 0.150 e. The summed E-state index contributed by atoms with van der Waals surface area (Å²) in [6.07, 6.45) is 3.55. The van der Waals surface area contributed by atoms with Crippen LogP contribution < -0.4 is 0 Å². The topological polar surface area (TPSA) is 16.1 Å². The van der Waals surface area contributed by atoms with Gasteiger partial charge in [0, 0.05) is 13.1 Å². The molecule has 0 N–H and O–H groups in total. The van der Waals surface area contributed by atoms with Crippen molar-refractivity contribution in [2.24, 2.45) is 0 Å². The molecule has 0 radical (unpaired) electrons. The van der Waals surface area contributed by atoms with Crippen LogP contribution >= 0.6 is 70.4 Å². The Bertz CT molecular complexity index is 478. The third-order valence-corrected chi connectivity index (χ3v) is 6.01. The summed E-state index contributed by atoms with van der Waals surface area (Å²) in [7, 11) is 0. The lowest BCUT2D eigenvalue weighted by Gasteiger charge is -2.28. The van der Waals surface area contributed by atoms with Crippen molar-refractivity contribution in [3.63, 3.8) is 0 Å². The SMILES string of the molecule is S=C(Sc1c(Cl)c(Cl)nc(Cl)c1Cl)N1CCCCC1. The molecule has 1 fully saturated rings. The minimum Gasteiger partial charge on any atom is -0.357 e. The van der Waals surface area contributed by atoms with Crippen molar-refractivity contribution in [3.05, 3.63) is 20.4 Å². The first kappa shape index (κ1) is 15.9. The fourth-order valence-electron chi connectivity index (χ4n) is 1.79. The van der Waals surface area contributed by atoms with Crippen molar-refractivity contribution in [2.45, 2.75) is 24.2 Å². The standard InChI is InChI=1S/C11H10Cl4N2S2/c12-6-8(7(13)10(15)16-9(6)14)19-11(18)17-4-2-1-3-5-17/h1-5H2. The molecule has 0 unspecified atom stereocenters. The van der Waals surface area contributed by atoms with Crippen molar-refractivity contribution in [1.29, 1.82) is 0 Å². The van der Waals surface area contributed by atoms with Crippen LogP contribution in [-0.2, 0) is 0 Å². The van der Waals surface area contributed by atoms with Gasteiger partial charge in [-0.2, -0.15) is 0 Å². The maximum atomic E-state index is 6.12. The van der Waals surface area contributed by atoms with Crippen molar-refractivity contribution in [3.8, 4) is 0 Å². The van der Waals surface area contributed by atoms with E-state index in [1.165, 1.54) is 18.2 Å². The molecule has 2 rings (SSSR count). The van der Waals surface area contributed by atoms with E-state index < -0.39 is 0 Å². The van der Waals surface area contributed by atoms with Gasteiger partial charge in [-0.15, -0.1) is 0 Å². The molecule has 19 heavy (non-hydrogen) atoms. The van der Waals surface area contributed by atoms with Gasteiger partial charge in [0.25, 0.3) is 0 Å². The largest absolute Gasteiger partial charge is 0.357 e. The molecule has 0 bridgehead atoms. The highest BCUT2D eigenvalue weighted by Gasteiger charge is 2.21. The lowest BCUT2D eigenvalue weighted by Crippen LogP contribution is -2.32. The maximum Gasteiger partial charge on any atom is 0.150 e. The molecule has 0 saturated carbocycles. The molecule has 1 aliphatic heterocycles. The molecule has 2 heterocycles. The highest BCUT2D eigenvalue weighted by atomic mass is 35.5. The number of hydrogen-bond donors (Lipinski definition) is 0. The zero-order valence-corrected chi connectivity index (χ0v) is 14.4. The van der Waals surface area contributed by atoms with E-state index in [2.05, 4.69) is 9.88 Å². The van der Waals surface area contributed by atoms with Gasteiger partial charge in [0.05, 0.1) is 14.9 Å². The van der Waals surface area contributed by atoms with Crippen LogP contribution in [0.4, 0.5) is 0 Å². The molecule has 2 nitrogen and oxygen atoms in total. The van der Waals surface area contributed by atoms with E-state index in [0.717, 1.165) is 30.3 Å². The number of thiocarbonyl (C=S) groups is 1. The van der Waals surface area contributed by atoms with Crippen LogP contribution in [0, 0.1) is 0 Å². The summed E-state index contributed by atoms with van der Waals surface area (Å²) in [6, 6.07) is 0. The van der Waals surface area contributed by atoms with Gasteiger partial charge >= 0.3 is 0 Å². The predicted octanol–water partition coefficient (Wildman–Crippen LogP) is 5.56. The van der Waals surface area contributed by atoms with E-state index in [1.54, 1.807) is 0 Å². The van der Waals surface area contributed by atoms with Crippen LogP contribution in [0.3, 0.4) is 0 Å². The van der Waals surface area contributed by atoms with E-state index in [-0.39, 0.29) is 10.3 Å². The van der Waals surface area contributed by atoms with E-state index in [4.69, 9.17) is 58.6 Å². The molecule has 1 saturated heterocycles. The summed E-state index contributed by atoms with van der Waals surface area (Å²) < 4.78 is 0.738. The molecular formula is C11H10Cl4N2S2. The van der Waals surface area contributed by atoms with Gasteiger partial charge in [-0.1, -0.05) is 70.4 Å². The Labute approximate surface area is 141 Å². The van der Waals surface area contributed by atoms with E-state index in [9.17, 15) is 0 Å². The highest BCUT2D eigenvalue weighted by molar-refractivity contribution is 8.23. The zero-order chi connectivity index (χ0) is 14.0. The first-order valence-corrected chi connectivity index (χ1v) is 8.41. The molecule has 1 aromatic heterocycles. The van der Waals surface area contributed by atoms with Gasteiger partial charge < -0.3 is 4.90 Å². The Kier molecular flexibility index (Phi) is 5.88. The van der Waals surface area contributed by atoms with Crippen LogP contribution in [0.25, 0.3) is 0 Å². The molecule has 1 aromatic rings. The second-order valence-corrected chi connectivity index (χ2v) is 7.18. The second kappa shape index (κ2) is 7.01. The van der Waals surface area contributed by atoms with Crippen molar-refractivity contribution < 1.29 is 0 Å². The monoisotopic (exact) mass is 374 g/mol. The highest BCUT2D eigenvalue weighted by Crippen LogP contribution is 2.42. The summed E-state index contributed by atoms with van der Waals surface area (Å²) in [6.45, 7) is 1.93. The lowest BCUT2D eigenvalue weighted by atomic mass is 10.1. The number of likely N-dealkylation sites (tertiary alicyclic amines) is 1. The summed E-state index contributed by atoms with van der Waals surface area (Å²) in [5.74, 6) is 0. The predicted molar refractivity (Wildman–Crippen MR) is 88.2 cm³/mol. The normalized spacial score (nSPS) is 15.7. The van der Waals surface area contributed by atoms with E-state index in [0.29, 0.717) is 14.9 Å². The molecule has 8 heteroatoms. The average molecular weight is 376 g/mol. The Morgan fingerprint density at radius 3 is 2.05 bits per heavy atom. The van der Waals surface area contributed by atoms with Gasteiger partial charge in [0.15, 0.2) is 10.3 Å². The molecule has 0 spiro atoms. The van der Waals surface area contributed by atoms with E-state index >= 15 is 0 Å². The number of thioether (sulfide) groups is 1. The maximum absolute atomic E-state index is 6.12. The quantitative estimate of drug-likeness (QED) is 0.362. The van der Waals surface area contributed by atoms with Gasteiger partial charge in [-0.25, -0.2) is 4.98 Å². The third-order valence-electron chi connectivity index (χ3n) is 2.76. The van der Waals surface area contributed by atoms with Crippen molar-refractivity contribution in [1.82, 2.24) is 9.88 Å². The number of nitrogens with zero attached hydrogens (tertiary/aromatic N) is 2. The van der Waals surface area contributed by atoms with Crippen LogP contribution in [0.2, 0.25) is 20.4 Å². The Hall–Kier alpha value is 0.550. The van der Waals surface area contributed by atoms with Crippen LogP contribution in [-0.4, -0.2) is 27.3 Å². The average Bonchev–Trinajstić information content (AvgIpc) is 2.42. The molecular weight excluding hydrogens is 366 g/mol. The molecule has 0 aliphatic carbocycles.